The molecular weight excluding hydrogens is 428 g/mol. The minimum Gasteiger partial charge on any atom is -0.388 e. The molecule has 4 N–H and O–H groups in total. The van der Waals surface area contributed by atoms with Crippen LogP contribution in [0, 0.1) is 5.41 Å². The van der Waals surface area contributed by atoms with Gasteiger partial charge in [0.05, 0.1) is 23.2 Å². The van der Waals surface area contributed by atoms with Gasteiger partial charge in [-0.3, -0.25) is 10.2 Å². The lowest BCUT2D eigenvalue weighted by Crippen LogP contribution is -2.37. The number of hydrogen-bond acceptors (Lipinski definition) is 7. The number of H-pyrrole nitrogens is 1. The minimum absolute atomic E-state index is 0.114. The highest BCUT2D eigenvalue weighted by atomic mass is 35.5. The lowest BCUT2D eigenvalue weighted by atomic mass is 10.1. The van der Waals surface area contributed by atoms with Crippen LogP contribution in [-0.4, -0.2) is 60.1 Å². The third kappa shape index (κ3) is 4.77. The Morgan fingerprint density at radius 1 is 1.33 bits per heavy atom. The Labute approximate surface area is 178 Å². The summed E-state index contributed by atoms with van der Waals surface area (Å²) >= 11 is 6.02. The van der Waals surface area contributed by atoms with Gasteiger partial charge in [-0.1, -0.05) is 11.6 Å². The van der Waals surface area contributed by atoms with Gasteiger partial charge in [-0.15, -0.1) is 0 Å². The van der Waals surface area contributed by atoms with Gasteiger partial charge in [0.2, 0.25) is 0 Å². The molecule has 0 aliphatic carbocycles. The van der Waals surface area contributed by atoms with Gasteiger partial charge in [0.15, 0.2) is 5.65 Å². The fourth-order valence-corrected chi connectivity index (χ4v) is 4.23. The second kappa shape index (κ2) is 8.41. The fraction of sp³-hybridized carbons (Fsp3) is 0.263. The topological polar surface area (TPSA) is 141 Å². The third-order valence-electron chi connectivity index (χ3n) is 4.33. The molecule has 2 aromatic heterocycles. The number of benzene rings is 1. The number of carbonyl (C=O) groups excluding carboxylic acids is 1. The van der Waals surface area contributed by atoms with Crippen molar-refractivity contribution in [2.75, 3.05) is 24.4 Å². The highest BCUT2D eigenvalue weighted by molar-refractivity contribution is 7.90. The number of aromatic amines is 1. The molecule has 0 spiro atoms. The van der Waals surface area contributed by atoms with E-state index < -0.39 is 21.8 Å². The Hall–Kier alpha value is -2.98. The van der Waals surface area contributed by atoms with Crippen molar-refractivity contribution in [1.29, 1.82) is 5.41 Å². The van der Waals surface area contributed by atoms with E-state index in [4.69, 9.17) is 17.0 Å². The average molecular weight is 449 g/mol. The molecule has 0 fully saturated rings. The predicted molar refractivity (Wildman–Crippen MR) is 117 cm³/mol. The van der Waals surface area contributed by atoms with Gasteiger partial charge in [-0.2, -0.15) is 0 Å². The molecule has 1 aromatic carbocycles. The first-order valence-corrected chi connectivity index (χ1v) is 11.4. The summed E-state index contributed by atoms with van der Waals surface area (Å²) in [6, 6.07) is 4.52. The van der Waals surface area contributed by atoms with E-state index >= 15 is 0 Å². The number of fused-ring (bicyclic) bond motifs is 1. The van der Waals surface area contributed by atoms with Crippen LogP contribution < -0.4 is 10.6 Å². The fourth-order valence-electron chi connectivity index (χ4n) is 3.06. The van der Waals surface area contributed by atoms with E-state index in [1.165, 1.54) is 12.4 Å². The van der Waals surface area contributed by atoms with Crippen molar-refractivity contribution >= 4 is 49.9 Å². The van der Waals surface area contributed by atoms with E-state index in [-0.39, 0.29) is 22.7 Å². The molecule has 3 aromatic rings. The summed E-state index contributed by atoms with van der Waals surface area (Å²) in [5.74, 6) is -0.649. The molecule has 1 unspecified atom stereocenters. The molecule has 0 aliphatic heterocycles. The Kier molecular flexibility index (Phi) is 6.09. The van der Waals surface area contributed by atoms with Crippen LogP contribution in [0.1, 0.15) is 28.5 Å². The summed E-state index contributed by atoms with van der Waals surface area (Å²) < 4.78 is 22.9. The molecule has 0 aliphatic rings. The summed E-state index contributed by atoms with van der Waals surface area (Å²) in [4.78, 5) is 24.2. The van der Waals surface area contributed by atoms with Crippen molar-refractivity contribution in [3.63, 3.8) is 0 Å². The largest absolute Gasteiger partial charge is 0.388 e. The molecule has 0 saturated heterocycles. The molecule has 3 rings (SSSR count). The maximum absolute atomic E-state index is 12.6. The Morgan fingerprint density at radius 2 is 2.07 bits per heavy atom. The Morgan fingerprint density at radius 3 is 2.73 bits per heavy atom. The van der Waals surface area contributed by atoms with Crippen molar-refractivity contribution in [1.82, 2.24) is 20.3 Å². The molecular formula is C19H21ClN6O3S. The van der Waals surface area contributed by atoms with E-state index in [1.54, 1.807) is 32.2 Å². The van der Waals surface area contributed by atoms with Crippen LogP contribution in [0.3, 0.4) is 0 Å². The number of sulfone groups is 1. The zero-order valence-electron chi connectivity index (χ0n) is 16.6. The van der Waals surface area contributed by atoms with Crippen LogP contribution in [0.25, 0.3) is 11.2 Å². The summed E-state index contributed by atoms with van der Waals surface area (Å²) in [6.07, 6.45) is 4.02. The van der Waals surface area contributed by atoms with Crippen molar-refractivity contribution in [3.05, 3.63) is 52.4 Å². The average Bonchev–Trinajstić information content (AvgIpc) is 3.09. The third-order valence-corrected chi connectivity index (χ3v) is 5.67. The normalized spacial score (nSPS) is 12.5. The van der Waals surface area contributed by atoms with Crippen LogP contribution in [-0.2, 0) is 9.84 Å². The van der Waals surface area contributed by atoms with E-state index in [0.717, 1.165) is 6.26 Å². The van der Waals surface area contributed by atoms with Gasteiger partial charge >= 0.3 is 0 Å². The van der Waals surface area contributed by atoms with Crippen LogP contribution >= 0.6 is 11.6 Å². The lowest BCUT2D eigenvalue weighted by molar-refractivity contribution is 0.0945. The first-order chi connectivity index (χ1) is 14.1. The molecule has 9 nitrogen and oxygen atoms in total. The number of hydrogen-bond donors (Lipinski definition) is 4. The Bertz CT molecular complexity index is 1240. The first kappa shape index (κ1) is 21.7. The maximum atomic E-state index is 12.6. The smallest absolute Gasteiger partial charge is 0.255 e. The second-order valence-corrected chi connectivity index (χ2v) is 9.56. The zero-order valence-corrected chi connectivity index (χ0v) is 18.1. The quantitative estimate of drug-likeness (QED) is 0.408. The van der Waals surface area contributed by atoms with Gasteiger partial charge in [-0.05, 0) is 25.1 Å². The number of anilines is 1. The van der Waals surface area contributed by atoms with Crippen LogP contribution in [0.5, 0.6) is 0 Å². The summed E-state index contributed by atoms with van der Waals surface area (Å²) in [5, 5.41) is 14.7. The van der Waals surface area contributed by atoms with E-state index in [2.05, 4.69) is 25.6 Å². The van der Waals surface area contributed by atoms with Crippen LogP contribution in [0.4, 0.5) is 5.69 Å². The zero-order chi connectivity index (χ0) is 22.1. The van der Waals surface area contributed by atoms with Crippen molar-refractivity contribution in [2.24, 2.45) is 0 Å². The standard InChI is InChI=1S/C19H21ClN6O3S/c1-10(9-30(3,28)29)25-19(27)13-7-23-18-17(13)26-15(8-24-18)16(21)12-5-4-11(20)6-14(12)22-2/h4-8,10,21-22H,9H2,1-3H3,(H,23,24)(H,25,27). The Balaban J connectivity index is 1.93. The molecule has 0 radical (unpaired) electrons. The molecule has 1 atom stereocenters. The predicted octanol–water partition coefficient (Wildman–Crippen LogP) is 2.23. The van der Waals surface area contributed by atoms with E-state index in [0.29, 0.717) is 27.4 Å². The number of halogens is 1. The molecule has 2 heterocycles. The van der Waals surface area contributed by atoms with Gasteiger partial charge in [-0.25, -0.2) is 18.4 Å². The number of nitrogens with zero attached hydrogens (tertiary/aromatic N) is 2. The maximum Gasteiger partial charge on any atom is 0.255 e. The summed E-state index contributed by atoms with van der Waals surface area (Å²) in [7, 11) is -1.51. The highest BCUT2D eigenvalue weighted by Gasteiger charge is 2.20. The minimum atomic E-state index is -3.23. The van der Waals surface area contributed by atoms with Gasteiger partial charge < -0.3 is 15.6 Å². The first-order valence-electron chi connectivity index (χ1n) is 8.98. The molecule has 0 saturated carbocycles. The lowest BCUT2D eigenvalue weighted by Gasteiger charge is -2.12. The second-order valence-electron chi connectivity index (χ2n) is 6.94. The van der Waals surface area contributed by atoms with Gasteiger partial charge in [0.25, 0.3) is 5.91 Å². The molecule has 11 heteroatoms. The highest BCUT2D eigenvalue weighted by Crippen LogP contribution is 2.23. The SMILES string of the molecule is CNc1cc(Cl)ccc1C(=N)c1cnc2[nH]cc(C(=O)NC(C)CS(C)(=O)=O)c2n1. The van der Waals surface area contributed by atoms with Gasteiger partial charge in [0.1, 0.15) is 21.0 Å². The van der Waals surface area contributed by atoms with Crippen molar-refractivity contribution in [3.8, 4) is 0 Å². The summed E-state index contributed by atoms with van der Waals surface area (Å²) in [6.45, 7) is 1.61. The molecule has 1 amide bonds. The number of amides is 1. The molecule has 30 heavy (non-hydrogen) atoms. The van der Waals surface area contributed by atoms with Crippen LogP contribution in [0.2, 0.25) is 5.02 Å². The van der Waals surface area contributed by atoms with Crippen molar-refractivity contribution in [2.45, 2.75) is 13.0 Å². The van der Waals surface area contributed by atoms with E-state index in [9.17, 15) is 13.2 Å². The molecule has 158 valence electrons. The van der Waals surface area contributed by atoms with Gasteiger partial charge in [0, 0.05) is 41.8 Å². The van der Waals surface area contributed by atoms with Crippen LogP contribution in [0.15, 0.2) is 30.6 Å². The molecule has 0 bridgehead atoms. The monoisotopic (exact) mass is 448 g/mol. The number of carbonyl (C=O) groups is 1. The summed E-state index contributed by atoms with van der Waals surface area (Å²) in [5.41, 5.74) is 2.54. The number of rotatable bonds is 7. The van der Waals surface area contributed by atoms with E-state index in [1.807, 2.05) is 0 Å². The number of aromatic nitrogens is 3. The number of nitrogens with one attached hydrogen (secondary N) is 4. The van der Waals surface area contributed by atoms with Crippen molar-refractivity contribution < 1.29 is 13.2 Å².